The number of hydrogen-bond donors (Lipinski definition) is 16. The zero-order valence-electron chi connectivity index (χ0n) is 55.4. The molecule has 0 aliphatic rings. The van der Waals surface area contributed by atoms with E-state index in [4.69, 9.17) is 28.7 Å². The van der Waals surface area contributed by atoms with Crippen molar-refractivity contribution in [3.8, 4) is 0 Å². The SMILES string of the molecule is CC(=O)N[C@@H](CCCCN)C(=O)N[C@@H](CC(C)C)C(=O)N[C@@H](CCCCN)C(=O)N[C@@H](CCCCN)C(=O)N[C@@H](C)C(=O)N[C@@H](CCCCNC(=O)CN(CCN)C(=O)Cn1cnc2c(N)ncnc21)C(=O)N[C@@H](CC(C)C)C(=O)NCC(=O)N[C@@H](CC(C)C)C(=O)O. The second-order valence-corrected chi connectivity index (χ2v) is 24.5. The van der Waals surface area contributed by atoms with Gasteiger partial charge >= 0.3 is 5.97 Å². The van der Waals surface area contributed by atoms with Crippen LogP contribution in [0.25, 0.3) is 11.2 Å². The zero-order valence-corrected chi connectivity index (χ0v) is 55.4. The number of aromatic nitrogens is 4. The topological polar surface area (TPSA) is 522 Å². The summed E-state index contributed by atoms with van der Waals surface area (Å²) in [6.45, 7) is 13.3. The number of carboxylic acids is 1. The molecular formula is C60H106N20O13. The van der Waals surface area contributed by atoms with E-state index in [2.05, 4.69) is 68.1 Å². The highest BCUT2D eigenvalue weighted by molar-refractivity contribution is 5.98. The highest BCUT2D eigenvalue weighted by atomic mass is 16.4. The maximum absolute atomic E-state index is 14.4. The van der Waals surface area contributed by atoms with Gasteiger partial charge in [-0.2, -0.15) is 0 Å². The Labute approximate surface area is 544 Å². The number of rotatable bonds is 47. The van der Waals surface area contributed by atoms with Crippen LogP contribution in [0.3, 0.4) is 0 Å². The number of amides is 11. The van der Waals surface area contributed by atoms with Crippen molar-refractivity contribution >= 4 is 87.9 Å². The standard InChI is InChI=1S/C60H106N20O13/c1-35(2)27-44(54(86)67-30-47(82)73-46(60(92)93)29-37(5)6)77-58(90)42(20-12-16-25-66-48(83)31-79(26-24-64)49(84)32-80-34-70-50-51(65)68-33-69-52(50)80)74-53(85)38(7)71-55(87)41(18-10-14-22-62)75-57(89)43(19-11-15-23-63)76-59(91)45(28-36(3)4)78-56(88)40(72-39(8)81)17-9-13-21-61/h33-38,40-46H,9-32,61-64H2,1-8H3,(H,66,83)(H,67,86)(H,71,87)(H,72,81)(H,73,82)(H,74,85)(H,75,89)(H,76,91)(H,77,90)(H,78,88)(H,92,93)(H2,65,68,69)/t38-,40-,41-,42-,43-,44-,45-,46-/m0/s1. The van der Waals surface area contributed by atoms with E-state index in [-0.39, 0.29) is 127 Å². The number of nitrogens with two attached hydrogens (primary N) is 5. The zero-order chi connectivity index (χ0) is 69.7. The number of carbonyl (C=O) groups is 12. The molecule has 2 heterocycles. The molecular weight excluding hydrogens is 1210 g/mol. The summed E-state index contributed by atoms with van der Waals surface area (Å²) in [4.78, 5) is 175. The molecule has 0 aromatic carbocycles. The summed E-state index contributed by atoms with van der Waals surface area (Å²) in [5.41, 5.74) is 29.6. The van der Waals surface area contributed by atoms with Crippen LogP contribution in [0.15, 0.2) is 12.7 Å². The van der Waals surface area contributed by atoms with Gasteiger partial charge in [0, 0.05) is 26.6 Å². The Morgan fingerprint density at radius 1 is 0.495 bits per heavy atom. The second kappa shape index (κ2) is 43.6. The van der Waals surface area contributed by atoms with E-state index in [0.29, 0.717) is 56.2 Å². The Morgan fingerprint density at radius 2 is 0.935 bits per heavy atom. The molecule has 33 nitrogen and oxygen atoms in total. The molecule has 0 fully saturated rings. The third-order valence-electron chi connectivity index (χ3n) is 14.7. The van der Waals surface area contributed by atoms with Gasteiger partial charge in [-0.15, -0.1) is 0 Å². The predicted octanol–water partition coefficient (Wildman–Crippen LogP) is -2.87. The van der Waals surface area contributed by atoms with Crippen LogP contribution in [0.4, 0.5) is 5.82 Å². The molecule has 2 aromatic heterocycles. The summed E-state index contributed by atoms with van der Waals surface area (Å²) in [5.74, 6) is -8.99. The first-order valence-electron chi connectivity index (χ1n) is 32.2. The molecule has 0 spiro atoms. The first kappa shape index (κ1) is 80.9. The van der Waals surface area contributed by atoms with Gasteiger partial charge in [-0.05, 0) is 141 Å². The van der Waals surface area contributed by atoms with Crippen LogP contribution in [0, 0.1) is 17.8 Å². The van der Waals surface area contributed by atoms with Gasteiger partial charge in [-0.3, -0.25) is 52.7 Å². The molecule has 0 aliphatic heterocycles. The molecule has 0 unspecified atom stereocenters. The number of hydrogen-bond acceptors (Lipinski definition) is 20. The number of fused-ring (bicyclic) bond motifs is 1. The van der Waals surface area contributed by atoms with Gasteiger partial charge in [-0.25, -0.2) is 19.7 Å². The van der Waals surface area contributed by atoms with Crippen LogP contribution in [0.2, 0.25) is 0 Å². The van der Waals surface area contributed by atoms with Crippen molar-refractivity contribution in [3.05, 3.63) is 12.7 Å². The van der Waals surface area contributed by atoms with Crippen LogP contribution in [-0.4, -0.2) is 201 Å². The smallest absolute Gasteiger partial charge is 0.326 e. The van der Waals surface area contributed by atoms with E-state index in [9.17, 15) is 62.6 Å². The van der Waals surface area contributed by atoms with E-state index in [1.165, 1.54) is 36.0 Å². The minimum absolute atomic E-state index is 0.0428. The van der Waals surface area contributed by atoms with Crippen molar-refractivity contribution in [2.45, 2.75) is 207 Å². The Morgan fingerprint density at radius 3 is 1.41 bits per heavy atom. The summed E-state index contributed by atoms with van der Waals surface area (Å²) in [6.07, 6.45) is 6.52. The lowest BCUT2D eigenvalue weighted by molar-refractivity contribution is -0.142. The molecule has 33 heteroatoms. The molecule has 2 rings (SSSR count). The Bertz CT molecular complexity index is 2750. The second-order valence-electron chi connectivity index (χ2n) is 24.5. The highest BCUT2D eigenvalue weighted by Gasteiger charge is 2.34. The van der Waals surface area contributed by atoms with Crippen molar-refractivity contribution in [3.63, 3.8) is 0 Å². The van der Waals surface area contributed by atoms with E-state index >= 15 is 0 Å². The van der Waals surface area contributed by atoms with Gasteiger partial charge in [0.1, 0.15) is 66.7 Å². The fourth-order valence-corrected chi connectivity index (χ4v) is 9.84. The van der Waals surface area contributed by atoms with Gasteiger partial charge < -0.3 is 96.4 Å². The fourth-order valence-electron chi connectivity index (χ4n) is 9.84. The van der Waals surface area contributed by atoms with E-state index < -0.39 is 126 Å². The Balaban J connectivity index is 2.40. The molecule has 0 aliphatic carbocycles. The third kappa shape index (κ3) is 31.3. The van der Waals surface area contributed by atoms with Gasteiger partial charge in [0.05, 0.1) is 19.4 Å². The summed E-state index contributed by atoms with van der Waals surface area (Å²) in [7, 11) is 0. The van der Waals surface area contributed by atoms with Crippen molar-refractivity contribution < 1.29 is 62.6 Å². The number of unbranched alkanes of at least 4 members (excludes halogenated alkanes) is 4. The number of carbonyl (C=O) groups excluding carboxylic acids is 11. The van der Waals surface area contributed by atoms with Gasteiger partial charge in [-0.1, -0.05) is 41.5 Å². The minimum atomic E-state index is -1.38. The van der Waals surface area contributed by atoms with Crippen LogP contribution in [0.1, 0.15) is 152 Å². The molecule has 8 atom stereocenters. The predicted molar refractivity (Wildman–Crippen MR) is 347 cm³/mol. The number of aliphatic carboxylic acids is 1. The summed E-state index contributed by atoms with van der Waals surface area (Å²) >= 11 is 0. The lowest BCUT2D eigenvalue weighted by Gasteiger charge is -2.28. The first-order chi connectivity index (χ1) is 44.0. The monoisotopic (exact) mass is 1310 g/mol. The minimum Gasteiger partial charge on any atom is -0.480 e. The Kier molecular flexibility index (Phi) is 38.0. The van der Waals surface area contributed by atoms with Crippen molar-refractivity contribution in [1.29, 1.82) is 0 Å². The maximum atomic E-state index is 14.4. The fraction of sp³-hybridized carbons (Fsp3) is 0.717. The summed E-state index contributed by atoms with van der Waals surface area (Å²) < 4.78 is 1.46. The summed E-state index contributed by atoms with van der Waals surface area (Å²) in [6, 6.07) is -9.81. The van der Waals surface area contributed by atoms with Gasteiger partial charge in [0.25, 0.3) is 0 Å². The van der Waals surface area contributed by atoms with Crippen molar-refractivity contribution in [2.24, 2.45) is 40.7 Å². The number of nitrogen functional groups attached to an aromatic ring is 1. The molecule has 0 radical (unpaired) electrons. The number of nitrogens with zero attached hydrogens (tertiary/aromatic N) is 5. The lowest BCUT2D eigenvalue weighted by Crippen LogP contribution is -2.60. The van der Waals surface area contributed by atoms with E-state index in [0.717, 1.165) is 0 Å². The largest absolute Gasteiger partial charge is 0.480 e. The lowest BCUT2D eigenvalue weighted by atomic mass is 10.0. The Hall–Kier alpha value is -8.17. The molecule has 0 saturated heterocycles. The quantitative estimate of drug-likeness (QED) is 0.0296. The normalized spacial score (nSPS) is 13.9. The molecule has 524 valence electrons. The number of imidazole rings is 1. The van der Waals surface area contributed by atoms with Crippen molar-refractivity contribution in [1.82, 2.24) is 77.6 Å². The average molecular weight is 1320 g/mol. The van der Waals surface area contributed by atoms with E-state index in [1.807, 2.05) is 13.8 Å². The number of anilines is 1. The average Bonchev–Trinajstić information content (AvgIpc) is 1.70. The van der Waals surface area contributed by atoms with Crippen molar-refractivity contribution in [2.75, 3.05) is 58.1 Å². The van der Waals surface area contributed by atoms with Crippen LogP contribution in [0.5, 0.6) is 0 Å². The highest BCUT2D eigenvalue weighted by Crippen LogP contribution is 2.16. The number of carboxylic acid groups (broad SMARTS) is 1. The van der Waals surface area contributed by atoms with Gasteiger partial charge in [0.2, 0.25) is 65.0 Å². The third-order valence-corrected chi connectivity index (χ3v) is 14.7. The maximum Gasteiger partial charge on any atom is 0.326 e. The van der Waals surface area contributed by atoms with Crippen LogP contribution < -0.4 is 81.8 Å². The molecule has 0 bridgehead atoms. The molecule has 21 N–H and O–H groups in total. The van der Waals surface area contributed by atoms with E-state index in [1.54, 1.807) is 27.7 Å². The molecule has 0 saturated carbocycles. The number of nitrogens with one attached hydrogen (secondary N) is 10. The molecule has 93 heavy (non-hydrogen) atoms. The molecule has 2 aromatic rings. The first-order valence-corrected chi connectivity index (χ1v) is 32.2. The molecule has 11 amide bonds. The van der Waals surface area contributed by atoms with Gasteiger partial charge in [0.15, 0.2) is 11.5 Å². The van der Waals surface area contributed by atoms with Crippen LogP contribution >= 0.6 is 0 Å². The van der Waals surface area contributed by atoms with Crippen LogP contribution in [-0.2, 0) is 64.1 Å². The summed E-state index contributed by atoms with van der Waals surface area (Å²) in [5, 5.41) is 36.1.